The predicted molar refractivity (Wildman–Crippen MR) is 128 cm³/mol. The highest BCUT2D eigenvalue weighted by molar-refractivity contribution is 8.01. The Hall–Kier alpha value is -4.19. The molecule has 2 aromatic rings. The molecule has 2 aliphatic rings. The van der Waals surface area contributed by atoms with Crippen LogP contribution in [0.1, 0.15) is 5.69 Å². The summed E-state index contributed by atoms with van der Waals surface area (Å²) in [7, 11) is 1.25. The fourth-order valence-corrected chi connectivity index (χ4v) is 5.92. The molecular formula is C19H19N9O7S2. The molecule has 194 valence electrons. The van der Waals surface area contributed by atoms with E-state index in [0.717, 1.165) is 21.3 Å². The molecule has 0 spiro atoms. The van der Waals surface area contributed by atoms with Crippen LogP contribution in [0.2, 0.25) is 0 Å². The van der Waals surface area contributed by atoms with Crippen molar-refractivity contribution >= 4 is 58.8 Å². The lowest BCUT2D eigenvalue weighted by atomic mass is 10.0. The number of nitrogens with one attached hydrogen (secondary N) is 1. The lowest BCUT2D eigenvalue weighted by Crippen LogP contribution is -2.71. The first kappa shape index (κ1) is 25.9. The molecule has 0 saturated carbocycles. The zero-order chi connectivity index (χ0) is 26.7. The molecule has 37 heavy (non-hydrogen) atoms. The van der Waals surface area contributed by atoms with Gasteiger partial charge < -0.3 is 26.1 Å². The molecule has 4 heterocycles. The van der Waals surface area contributed by atoms with Crippen LogP contribution in [0.4, 0.5) is 5.82 Å². The highest BCUT2D eigenvalue weighted by Crippen LogP contribution is 2.41. The molecular weight excluding hydrogens is 530 g/mol. The summed E-state index contributed by atoms with van der Waals surface area (Å²) in [5.74, 6) is -3.31. The Bertz CT molecular complexity index is 1330. The number of pyridine rings is 1. The number of carbonyl (C=O) groups is 4. The number of carbonyl (C=O) groups excluding carboxylic acids is 2. The summed E-state index contributed by atoms with van der Waals surface area (Å²) in [4.78, 5) is 58.8. The van der Waals surface area contributed by atoms with Gasteiger partial charge in [0.05, 0.1) is 0 Å². The fraction of sp³-hybridized carbons (Fsp3) is 0.316. The van der Waals surface area contributed by atoms with E-state index in [1.165, 1.54) is 31.0 Å². The topological polar surface area (TPSA) is 228 Å². The monoisotopic (exact) mass is 549 g/mol. The van der Waals surface area contributed by atoms with Gasteiger partial charge in [0.2, 0.25) is 5.16 Å². The van der Waals surface area contributed by atoms with Gasteiger partial charge in [-0.05, 0) is 28.1 Å². The van der Waals surface area contributed by atoms with E-state index >= 15 is 0 Å². The number of oxime groups is 1. The van der Waals surface area contributed by atoms with Crippen molar-refractivity contribution in [2.24, 2.45) is 5.16 Å². The van der Waals surface area contributed by atoms with Gasteiger partial charge in [-0.2, -0.15) is 0 Å². The Labute approximate surface area is 216 Å². The molecule has 0 aromatic carbocycles. The number of aromatic nitrogens is 5. The maximum atomic E-state index is 13.0. The Kier molecular flexibility index (Phi) is 7.58. The molecule has 16 nitrogen and oxygen atoms in total. The maximum Gasteiger partial charge on any atom is 0.352 e. The highest BCUT2D eigenvalue weighted by atomic mass is 32.2. The van der Waals surface area contributed by atoms with Crippen LogP contribution in [0.15, 0.2) is 39.8 Å². The molecule has 2 atom stereocenters. The first-order chi connectivity index (χ1) is 17.7. The molecule has 0 radical (unpaired) electrons. The van der Waals surface area contributed by atoms with E-state index < -0.39 is 41.7 Å². The second kappa shape index (κ2) is 10.8. The van der Waals surface area contributed by atoms with Crippen molar-refractivity contribution in [1.29, 1.82) is 0 Å². The minimum atomic E-state index is -1.31. The van der Waals surface area contributed by atoms with Crippen molar-refractivity contribution in [2.45, 2.75) is 23.1 Å². The van der Waals surface area contributed by atoms with Crippen molar-refractivity contribution < 1.29 is 34.2 Å². The van der Waals surface area contributed by atoms with Crippen LogP contribution in [0.3, 0.4) is 0 Å². The summed E-state index contributed by atoms with van der Waals surface area (Å²) in [6, 6.07) is 3.60. The number of carboxylic acid groups (broad SMARTS) is 2. The van der Waals surface area contributed by atoms with Crippen LogP contribution >= 0.6 is 23.5 Å². The average Bonchev–Trinajstić information content (AvgIpc) is 3.29. The van der Waals surface area contributed by atoms with E-state index in [9.17, 15) is 24.3 Å². The van der Waals surface area contributed by atoms with Crippen molar-refractivity contribution in [1.82, 2.24) is 35.4 Å². The SMILES string of the molecule is CON=C(C(=O)NC1C(=O)N2C(C(=O)O)=C(CSc3nnnn3CC(=O)O)CS[C@@H]12)c1cccc(N)n1. The molecule has 2 aromatic heterocycles. The first-order valence-corrected chi connectivity index (χ1v) is 12.4. The Morgan fingerprint density at radius 1 is 1.35 bits per heavy atom. The number of fused-ring (bicyclic) bond motifs is 1. The van der Waals surface area contributed by atoms with Crippen LogP contribution in [-0.4, -0.2) is 99.8 Å². The quantitative estimate of drug-likeness (QED) is 0.116. The van der Waals surface area contributed by atoms with Gasteiger partial charge in [0, 0.05) is 11.5 Å². The standard InChI is InChI=1S/C19H19N9O7S2/c1-35-24-12(9-3-2-4-10(20)21-9)15(31)22-13-16(32)28-14(18(33)34)8(6-36-17(13)28)7-37-19-23-25-26-27(19)5-11(29)30/h2-4,13,17H,5-7H2,1H3,(H2,20,21)(H,22,31)(H,29,30)(H,33,34)/t13?,17-/m0/s1. The lowest BCUT2D eigenvalue weighted by Gasteiger charge is -2.49. The summed E-state index contributed by atoms with van der Waals surface area (Å²) >= 11 is 2.31. The van der Waals surface area contributed by atoms with E-state index in [-0.39, 0.29) is 39.6 Å². The number of anilines is 1. The summed E-state index contributed by atoms with van der Waals surface area (Å²) in [5, 5.41) is 35.4. The third-order valence-electron chi connectivity index (χ3n) is 5.11. The van der Waals surface area contributed by atoms with Crippen LogP contribution < -0.4 is 11.1 Å². The summed E-state index contributed by atoms with van der Waals surface area (Å²) in [6.07, 6.45) is 0. The molecule has 2 amide bonds. The maximum absolute atomic E-state index is 13.0. The fourth-order valence-electron chi connectivity index (χ4n) is 3.56. The minimum Gasteiger partial charge on any atom is -0.480 e. The van der Waals surface area contributed by atoms with E-state index in [2.05, 4.69) is 31.0 Å². The molecule has 0 bridgehead atoms. The summed E-state index contributed by atoms with van der Waals surface area (Å²) in [5.41, 5.74) is 5.83. The second-order valence-electron chi connectivity index (χ2n) is 7.49. The van der Waals surface area contributed by atoms with Gasteiger partial charge >= 0.3 is 11.9 Å². The molecule has 18 heteroatoms. The third kappa shape index (κ3) is 5.33. The number of hydrogen-bond acceptors (Lipinski definition) is 13. The third-order valence-corrected chi connectivity index (χ3v) is 7.49. The van der Waals surface area contributed by atoms with Crippen LogP contribution in [-0.2, 0) is 30.6 Å². The van der Waals surface area contributed by atoms with Crippen molar-refractivity contribution in [2.75, 3.05) is 24.3 Å². The van der Waals surface area contributed by atoms with Gasteiger partial charge in [-0.25, -0.2) is 14.5 Å². The van der Waals surface area contributed by atoms with Crippen molar-refractivity contribution in [3.63, 3.8) is 0 Å². The Morgan fingerprint density at radius 3 is 2.81 bits per heavy atom. The van der Waals surface area contributed by atoms with Gasteiger partial charge in [-0.15, -0.1) is 16.9 Å². The van der Waals surface area contributed by atoms with Crippen LogP contribution in [0, 0.1) is 0 Å². The Morgan fingerprint density at radius 2 is 2.14 bits per heavy atom. The number of carboxylic acids is 2. The number of β-lactam (4-membered cyclic amide) rings is 1. The van der Waals surface area contributed by atoms with Crippen molar-refractivity contribution in [3.05, 3.63) is 35.2 Å². The summed E-state index contributed by atoms with van der Waals surface area (Å²) in [6.45, 7) is -0.456. The van der Waals surface area contributed by atoms with Crippen LogP contribution in [0.5, 0.6) is 0 Å². The van der Waals surface area contributed by atoms with Gasteiger partial charge in [-0.1, -0.05) is 23.0 Å². The molecule has 1 unspecified atom stereocenters. The van der Waals surface area contributed by atoms with Crippen molar-refractivity contribution in [3.8, 4) is 0 Å². The number of tetrazole rings is 1. The number of thioether (sulfide) groups is 2. The molecule has 1 saturated heterocycles. The van der Waals surface area contributed by atoms with Gasteiger partial charge in [0.1, 0.15) is 42.3 Å². The smallest absolute Gasteiger partial charge is 0.352 e. The number of nitrogens with zero attached hydrogens (tertiary/aromatic N) is 7. The average molecular weight is 550 g/mol. The number of amides is 2. The van der Waals surface area contributed by atoms with E-state index in [4.69, 9.17) is 15.7 Å². The lowest BCUT2D eigenvalue weighted by molar-refractivity contribution is -0.150. The normalized spacial score (nSPS) is 19.2. The Balaban J connectivity index is 1.49. The second-order valence-corrected chi connectivity index (χ2v) is 9.54. The molecule has 2 aliphatic heterocycles. The molecule has 0 aliphatic carbocycles. The largest absolute Gasteiger partial charge is 0.480 e. The molecule has 1 fully saturated rings. The van der Waals surface area contributed by atoms with E-state index in [0.29, 0.717) is 5.57 Å². The number of hydrogen-bond donors (Lipinski definition) is 4. The number of rotatable bonds is 10. The van der Waals surface area contributed by atoms with E-state index in [1.54, 1.807) is 6.07 Å². The van der Waals surface area contributed by atoms with Crippen LogP contribution in [0.25, 0.3) is 0 Å². The van der Waals surface area contributed by atoms with E-state index in [1.807, 2.05) is 0 Å². The molecule has 5 N–H and O–H groups in total. The van der Waals surface area contributed by atoms with Gasteiger partial charge in [-0.3, -0.25) is 19.3 Å². The highest BCUT2D eigenvalue weighted by Gasteiger charge is 2.54. The van der Waals surface area contributed by atoms with Gasteiger partial charge in [0.25, 0.3) is 11.8 Å². The zero-order valence-corrected chi connectivity index (χ0v) is 20.6. The zero-order valence-electron chi connectivity index (χ0n) is 19.0. The first-order valence-electron chi connectivity index (χ1n) is 10.4. The minimum absolute atomic E-state index is 0.105. The summed E-state index contributed by atoms with van der Waals surface area (Å²) < 4.78 is 1.07. The number of nitrogen functional groups attached to an aromatic ring is 1. The van der Waals surface area contributed by atoms with Gasteiger partial charge in [0.15, 0.2) is 5.71 Å². The number of nitrogens with two attached hydrogens (primary N) is 1. The predicted octanol–water partition coefficient (Wildman–Crippen LogP) is -1.38. The molecule has 4 rings (SSSR count). The number of aliphatic carboxylic acids is 2.